The van der Waals surface area contributed by atoms with Crippen LogP contribution in [0.15, 0.2) is 42.6 Å². The van der Waals surface area contributed by atoms with Crippen molar-refractivity contribution in [2.24, 2.45) is 5.92 Å². The molecule has 1 aliphatic rings. The number of phenolic OH excluding ortho intramolecular Hbond substituents is 1. The third-order valence-corrected chi connectivity index (χ3v) is 3.06. The SMILES string of the molecule is Oc1cccc(-c2ccc(OCC3CC3)cn2)c1. The monoisotopic (exact) mass is 241 g/mol. The van der Waals surface area contributed by atoms with E-state index in [1.165, 1.54) is 12.8 Å². The molecule has 3 heteroatoms. The van der Waals surface area contributed by atoms with Gasteiger partial charge in [-0.2, -0.15) is 0 Å². The number of aromatic hydroxyl groups is 1. The summed E-state index contributed by atoms with van der Waals surface area (Å²) in [5.41, 5.74) is 1.74. The molecule has 3 nitrogen and oxygen atoms in total. The van der Waals surface area contributed by atoms with E-state index in [2.05, 4.69) is 4.98 Å². The van der Waals surface area contributed by atoms with Crippen LogP contribution < -0.4 is 4.74 Å². The molecular formula is C15H15NO2. The molecule has 3 rings (SSSR count). The second kappa shape index (κ2) is 4.69. The Morgan fingerprint density at radius 2 is 2.11 bits per heavy atom. The number of hydrogen-bond acceptors (Lipinski definition) is 3. The van der Waals surface area contributed by atoms with E-state index in [1.54, 1.807) is 18.3 Å². The molecule has 0 spiro atoms. The van der Waals surface area contributed by atoms with Crippen LogP contribution in [-0.2, 0) is 0 Å². The summed E-state index contributed by atoms with van der Waals surface area (Å²) in [6, 6.07) is 10.9. The number of nitrogens with zero attached hydrogens (tertiary/aromatic N) is 1. The smallest absolute Gasteiger partial charge is 0.137 e. The highest BCUT2D eigenvalue weighted by Crippen LogP contribution is 2.29. The number of rotatable bonds is 4. The van der Waals surface area contributed by atoms with Crippen LogP contribution in [0, 0.1) is 5.92 Å². The highest BCUT2D eigenvalue weighted by atomic mass is 16.5. The summed E-state index contributed by atoms with van der Waals surface area (Å²) in [5, 5.41) is 9.43. The first-order valence-corrected chi connectivity index (χ1v) is 6.19. The maximum atomic E-state index is 9.43. The zero-order valence-corrected chi connectivity index (χ0v) is 10.0. The maximum absolute atomic E-state index is 9.43. The van der Waals surface area contributed by atoms with Gasteiger partial charge in [0, 0.05) is 5.56 Å². The Labute approximate surface area is 106 Å². The standard InChI is InChI=1S/C15H15NO2/c17-13-3-1-2-12(8-13)15-7-6-14(9-16-15)18-10-11-4-5-11/h1-3,6-9,11,17H,4-5,10H2. The minimum Gasteiger partial charge on any atom is -0.508 e. The van der Waals surface area contributed by atoms with E-state index >= 15 is 0 Å². The molecule has 1 aromatic heterocycles. The Kier molecular flexibility index (Phi) is 2.89. The fourth-order valence-electron chi connectivity index (χ4n) is 1.80. The molecule has 1 saturated carbocycles. The number of aromatic nitrogens is 1. The quantitative estimate of drug-likeness (QED) is 0.893. The van der Waals surface area contributed by atoms with E-state index < -0.39 is 0 Å². The number of benzene rings is 1. The molecule has 1 fully saturated rings. The largest absolute Gasteiger partial charge is 0.508 e. The Morgan fingerprint density at radius 3 is 2.78 bits per heavy atom. The van der Waals surface area contributed by atoms with E-state index in [0.717, 1.165) is 29.5 Å². The summed E-state index contributed by atoms with van der Waals surface area (Å²) in [6.07, 6.45) is 4.31. The minimum absolute atomic E-state index is 0.253. The van der Waals surface area contributed by atoms with Crippen LogP contribution in [0.25, 0.3) is 11.3 Å². The first-order valence-electron chi connectivity index (χ1n) is 6.19. The van der Waals surface area contributed by atoms with Crippen molar-refractivity contribution in [3.63, 3.8) is 0 Å². The number of hydrogen-bond donors (Lipinski definition) is 1. The average molecular weight is 241 g/mol. The van der Waals surface area contributed by atoms with E-state index in [1.807, 2.05) is 24.3 Å². The van der Waals surface area contributed by atoms with Crippen LogP contribution in [0.3, 0.4) is 0 Å². The zero-order chi connectivity index (χ0) is 12.4. The molecule has 0 amide bonds. The fourth-order valence-corrected chi connectivity index (χ4v) is 1.80. The van der Waals surface area contributed by atoms with E-state index in [4.69, 9.17) is 4.74 Å². The van der Waals surface area contributed by atoms with E-state index in [0.29, 0.717) is 0 Å². The summed E-state index contributed by atoms with van der Waals surface area (Å²) in [5.74, 6) is 1.81. The molecule has 0 unspecified atom stereocenters. The fraction of sp³-hybridized carbons (Fsp3) is 0.267. The third kappa shape index (κ3) is 2.62. The van der Waals surface area contributed by atoms with Crippen LogP contribution in [-0.4, -0.2) is 16.7 Å². The van der Waals surface area contributed by atoms with Crippen LogP contribution in [0.1, 0.15) is 12.8 Å². The number of ether oxygens (including phenoxy) is 1. The van der Waals surface area contributed by atoms with Gasteiger partial charge in [0.1, 0.15) is 11.5 Å². The van der Waals surface area contributed by atoms with Crippen molar-refractivity contribution < 1.29 is 9.84 Å². The lowest BCUT2D eigenvalue weighted by molar-refractivity contribution is 0.298. The highest BCUT2D eigenvalue weighted by molar-refractivity contribution is 5.61. The van der Waals surface area contributed by atoms with Crippen molar-refractivity contribution in [3.05, 3.63) is 42.6 Å². The van der Waals surface area contributed by atoms with Crippen LogP contribution in [0.5, 0.6) is 11.5 Å². The molecule has 18 heavy (non-hydrogen) atoms. The first kappa shape index (κ1) is 11.1. The van der Waals surface area contributed by atoms with Gasteiger partial charge in [-0.05, 0) is 43.0 Å². The van der Waals surface area contributed by atoms with Crippen LogP contribution in [0.2, 0.25) is 0 Å². The Balaban J connectivity index is 1.73. The highest BCUT2D eigenvalue weighted by Gasteiger charge is 2.21. The van der Waals surface area contributed by atoms with Crippen LogP contribution in [0.4, 0.5) is 0 Å². The Hall–Kier alpha value is -2.03. The Bertz CT molecular complexity index is 532. The molecule has 92 valence electrons. The zero-order valence-electron chi connectivity index (χ0n) is 10.0. The van der Waals surface area contributed by atoms with Crippen molar-refractivity contribution in [1.82, 2.24) is 4.98 Å². The van der Waals surface area contributed by atoms with Gasteiger partial charge < -0.3 is 9.84 Å². The summed E-state index contributed by atoms with van der Waals surface area (Å²) in [7, 11) is 0. The summed E-state index contributed by atoms with van der Waals surface area (Å²) in [6.45, 7) is 0.799. The summed E-state index contributed by atoms with van der Waals surface area (Å²) >= 11 is 0. The van der Waals surface area contributed by atoms with E-state index in [-0.39, 0.29) is 5.75 Å². The molecule has 2 aromatic rings. The molecule has 1 aliphatic carbocycles. The van der Waals surface area contributed by atoms with E-state index in [9.17, 15) is 5.11 Å². The van der Waals surface area contributed by atoms with Gasteiger partial charge in [0.25, 0.3) is 0 Å². The lowest BCUT2D eigenvalue weighted by Crippen LogP contribution is -1.99. The lowest BCUT2D eigenvalue weighted by atomic mass is 10.1. The van der Waals surface area contributed by atoms with Crippen molar-refractivity contribution in [2.75, 3.05) is 6.61 Å². The summed E-state index contributed by atoms with van der Waals surface area (Å²) < 4.78 is 5.63. The van der Waals surface area contributed by atoms with Gasteiger partial charge in [-0.25, -0.2) is 0 Å². The number of pyridine rings is 1. The van der Waals surface area contributed by atoms with Gasteiger partial charge in [0.15, 0.2) is 0 Å². The topological polar surface area (TPSA) is 42.4 Å². The molecule has 0 radical (unpaired) electrons. The maximum Gasteiger partial charge on any atom is 0.137 e. The molecular weight excluding hydrogens is 226 g/mol. The van der Waals surface area contributed by atoms with Crippen molar-refractivity contribution >= 4 is 0 Å². The molecule has 0 aliphatic heterocycles. The normalized spacial score (nSPS) is 14.4. The predicted molar refractivity (Wildman–Crippen MR) is 69.6 cm³/mol. The first-order chi connectivity index (χ1) is 8.81. The number of phenols is 1. The van der Waals surface area contributed by atoms with Crippen molar-refractivity contribution in [3.8, 4) is 22.8 Å². The minimum atomic E-state index is 0.253. The second-order valence-corrected chi connectivity index (χ2v) is 4.68. The van der Waals surface area contributed by atoms with Gasteiger partial charge in [-0.3, -0.25) is 4.98 Å². The molecule has 1 N–H and O–H groups in total. The Morgan fingerprint density at radius 1 is 1.22 bits per heavy atom. The molecule has 0 atom stereocenters. The predicted octanol–water partition coefficient (Wildman–Crippen LogP) is 3.24. The van der Waals surface area contributed by atoms with Gasteiger partial charge >= 0.3 is 0 Å². The van der Waals surface area contributed by atoms with Gasteiger partial charge in [-0.1, -0.05) is 12.1 Å². The molecule has 0 bridgehead atoms. The second-order valence-electron chi connectivity index (χ2n) is 4.68. The summed E-state index contributed by atoms with van der Waals surface area (Å²) in [4.78, 5) is 4.35. The van der Waals surface area contributed by atoms with Gasteiger partial charge in [-0.15, -0.1) is 0 Å². The van der Waals surface area contributed by atoms with Crippen molar-refractivity contribution in [2.45, 2.75) is 12.8 Å². The van der Waals surface area contributed by atoms with Crippen LogP contribution >= 0.6 is 0 Å². The molecule has 1 heterocycles. The average Bonchev–Trinajstić information content (AvgIpc) is 3.21. The molecule has 1 aromatic carbocycles. The lowest BCUT2D eigenvalue weighted by Gasteiger charge is -2.06. The third-order valence-electron chi connectivity index (χ3n) is 3.06. The van der Waals surface area contributed by atoms with Gasteiger partial charge in [0.2, 0.25) is 0 Å². The van der Waals surface area contributed by atoms with Gasteiger partial charge in [0.05, 0.1) is 18.5 Å². The van der Waals surface area contributed by atoms with Crippen molar-refractivity contribution in [1.29, 1.82) is 0 Å². The molecule has 0 saturated heterocycles.